The van der Waals surface area contributed by atoms with Crippen LogP contribution >= 0.6 is 24.0 Å². The van der Waals surface area contributed by atoms with Gasteiger partial charge in [0.05, 0.1) is 0 Å². The van der Waals surface area contributed by atoms with Crippen molar-refractivity contribution in [3.05, 3.63) is 41.6 Å². The van der Waals surface area contributed by atoms with Crippen molar-refractivity contribution in [1.29, 1.82) is 0 Å². The third-order valence-corrected chi connectivity index (χ3v) is 5.67. The first-order chi connectivity index (χ1) is 11.5. The molecular formula is C16H16N2O4S2. The van der Waals surface area contributed by atoms with Gasteiger partial charge in [0.15, 0.2) is 6.61 Å². The molecule has 0 unspecified atom stereocenters. The Kier molecular flexibility index (Phi) is 4.77. The van der Waals surface area contributed by atoms with E-state index in [1.807, 2.05) is 18.2 Å². The van der Waals surface area contributed by atoms with Crippen LogP contribution in [0.2, 0.25) is 0 Å². The lowest BCUT2D eigenvalue weighted by atomic mass is 10.0. The molecule has 1 saturated heterocycles. The Morgan fingerprint density at radius 3 is 2.79 bits per heavy atom. The lowest BCUT2D eigenvalue weighted by Gasteiger charge is -2.51. The number of para-hydroxylation sites is 1. The van der Waals surface area contributed by atoms with E-state index in [1.54, 1.807) is 35.7 Å². The maximum Gasteiger partial charge on any atom is 0.352 e. The molecular weight excluding hydrogens is 348 g/mol. The minimum atomic E-state index is -0.989. The summed E-state index contributed by atoms with van der Waals surface area (Å²) in [6.45, 7) is 1.68. The lowest BCUT2D eigenvalue weighted by molar-refractivity contribution is -0.134. The Morgan fingerprint density at radius 1 is 1.42 bits per heavy atom. The fourth-order valence-corrected chi connectivity index (χ4v) is 4.52. The summed E-state index contributed by atoms with van der Waals surface area (Å²) in [5.41, 5.74) is 1.01. The zero-order chi connectivity index (χ0) is 17.3. The zero-order valence-electron chi connectivity index (χ0n) is 12.9. The van der Waals surface area contributed by atoms with Crippen LogP contribution in [-0.4, -0.2) is 50.6 Å². The van der Waals surface area contributed by atoms with E-state index < -0.39 is 5.97 Å². The van der Waals surface area contributed by atoms with E-state index in [-0.39, 0.29) is 29.6 Å². The Bertz CT molecular complexity index is 720. The number of carbonyl (C=O) groups is 2. The van der Waals surface area contributed by atoms with E-state index in [1.165, 1.54) is 0 Å². The van der Waals surface area contributed by atoms with E-state index >= 15 is 0 Å². The molecule has 0 saturated carbocycles. The molecule has 0 aliphatic carbocycles. The van der Waals surface area contributed by atoms with E-state index in [2.05, 4.69) is 5.32 Å². The summed E-state index contributed by atoms with van der Waals surface area (Å²) < 4.78 is 5.41. The third-order valence-electron chi connectivity index (χ3n) is 3.79. The number of nitrogens with zero attached hydrogens (tertiary/aromatic N) is 1. The molecule has 2 atom stereocenters. The molecule has 8 heteroatoms. The summed E-state index contributed by atoms with van der Waals surface area (Å²) in [5.74, 6) is -0.0469. The van der Waals surface area contributed by atoms with Gasteiger partial charge in [0.25, 0.3) is 5.91 Å². The number of hydrogen-bond acceptors (Lipinski definition) is 5. The first-order valence-corrected chi connectivity index (χ1v) is 8.79. The summed E-state index contributed by atoms with van der Waals surface area (Å²) in [5, 5.41) is 12.0. The molecule has 1 amide bonds. The average Bonchev–Trinajstić information content (AvgIpc) is 2.58. The third kappa shape index (κ3) is 3.11. The summed E-state index contributed by atoms with van der Waals surface area (Å²) in [6.07, 6.45) is 0. The van der Waals surface area contributed by atoms with Crippen molar-refractivity contribution in [2.24, 2.45) is 0 Å². The van der Waals surface area contributed by atoms with Crippen LogP contribution in [0, 0.1) is 0 Å². The van der Waals surface area contributed by atoms with E-state index in [0.29, 0.717) is 16.5 Å². The molecule has 1 aromatic carbocycles. The number of carbonyl (C=O) groups excluding carboxylic acids is 1. The first-order valence-electron chi connectivity index (χ1n) is 7.34. The van der Waals surface area contributed by atoms with Gasteiger partial charge in [-0.15, -0.1) is 11.8 Å². The molecule has 0 spiro atoms. The molecule has 2 heterocycles. The van der Waals surface area contributed by atoms with Crippen molar-refractivity contribution in [3.63, 3.8) is 0 Å². The largest absolute Gasteiger partial charge is 0.484 e. The number of carboxylic acid groups (broad SMARTS) is 1. The molecule has 0 aromatic heterocycles. The van der Waals surface area contributed by atoms with Crippen molar-refractivity contribution in [2.75, 3.05) is 12.4 Å². The molecule has 2 N–H and O–H groups in total. The highest BCUT2D eigenvalue weighted by Crippen LogP contribution is 2.40. The van der Waals surface area contributed by atoms with Crippen LogP contribution in [0.4, 0.5) is 0 Å². The van der Waals surface area contributed by atoms with Crippen LogP contribution < -0.4 is 10.1 Å². The molecule has 1 aromatic rings. The number of aliphatic carboxylic acids is 1. The minimum Gasteiger partial charge on any atom is -0.484 e. The molecule has 1 fully saturated rings. The number of rotatable bonds is 5. The van der Waals surface area contributed by atoms with Crippen LogP contribution in [0.1, 0.15) is 6.92 Å². The van der Waals surface area contributed by atoms with Gasteiger partial charge in [-0.05, 0) is 24.6 Å². The summed E-state index contributed by atoms with van der Waals surface area (Å²) in [6, 6.07) is 8.71. The molecule has 3 rings (SSSR count). The van der Waals surface area contributed by atoms with Crippen molar-refractivity contribution in [2.45, 2.75) is 18.3 Å². The first kappa shape index (κ1) is 16.8. The predicted octanol–water partition coefficient (Wildman–Crippen LogP) is 1.62. The van der Waals surface area contributed by atoms with Gasteiger partial charge >= 0.3 is 5.97 Å². The van der Waals surface area contributed by atoms with E-state index in [9.17, 15) is 14.7 Å². The standard InChI is InChI=1S/C16H16N2O4S2/c1-9-8-24-15-12(14(23)18(15)13(9)16(20)21)17-11(19)7-22-10-5-3-2-4-6-10/h2-6,12,15H,7-8H2,1H3,(H,17,19)(H,20,21)/t12-,15+/m1/s1. The fraction of sp³-hybridized carbons (Fsp3) is 0.312. The number of thiocarbonyl (C=S) groups is 1. The maximum atomic E-state index is 12.1. The van der Waals surface area contributed by atoms with Gasteiger partial charge in [-0.2, -0.15) is 0 Å². The second-order valence-corrected chi connectivity index (χ2v) is 7.01. The average molecular weight is 364 g/mol. The number of benzene rings is 1. The molecule has 6 nitrogen and oxygen atoms in total. The SMILES string of the molecule is CC1=C(C(=O)O)N2C(=S)[C@@H](NC(=O)COc3ccccc3)[C@@H]2SC1. The number of hydrogen-bond donors (Lipinski definition) is 2. The Balaban J connectivity index is 1.59. The van der Waals surface area contributed by atoms with Crippen LogP contribution in [0.3, 0.4) is 0 Å². The topological polar surface area (TPSA) is 78.9 Å². The van der Waals surface area contributed by atoms with Crippen LogP contribution in [0.5, 0.6) is 5.75 Å². The number of ether oxygens (including phenoxy) is 1. The quantitative estimate of drug-likeness (QED) is 0.769. The zero-order valence-corrected chi connectivity index (χ0v) is 14.5. The Hall–Kier alpha value is -2.06. The van der Waals surface area contributed by atoms with Gasteiger partial charge < -0.3 is 20.1 Å². The second-order valence-electron chi connectivity index (χ2n) is 5.49. The molecule has 24 heavy (non-hydrogen) atoms. The van der Waals surface area contributed by atoms with Crippen molar-refractivity contribution in [3.8, 4) is 5.75 Å². The number of thioether (sulfide) groups is 1. The van der Waals surface area contributed by atoms with Gasteiger partial charge in [-0.25, -0.2) is 4.79 Å². The minimum absolute atomic E-state index is 0.110. The van der Waals surface area contributed by atoms with Crippen LogP contribution in [-0.2, 0) is 9.59 Å². The summed E-state index contributed by atoms with van der Waals surface area (Å²) in [4.78, 5) is 25.5. The molecule has 2 aliphatic rings. The van der Waals surface area contributed by atoms with Gasteiger partial charge in [0.2, 0.25) is 0 Å². The smallest absolute Gasteiger partial charge is 0.352 e. The van der Waals surface area contributed by atoms with Crippen molar-refractivity contribution < 1.29 is 19.4 Å². The summed E-state index contributed by atoms with van der Waals surface area (Å²) >= 11 is 6.88. The Morgan fingerprint density at radius 2 is 2.12 bits per heavy atom. The monoisotopic (exact) mass is 364 g/mol. The maximum absolute atomic E-state index is 12.1. The number of carboxylic acids is 1. The number of amides is 1. The highest BCUT2D eigenvalue weighted by molar-refractivity contribution is 8.00. The molecule has 0 radical (unpaired) electrons. The van der Waals surface area contributed by atoms with Gasteiger partial charge in [-0.3, -0.25) is 4.79 Å². The molecule has 2 aliphatic heterocycles. The van der Waals surface area contributed by atoms with Gasteiger partial charge in [-0.1, -0.05) is 30.4 Å². The normalized spacial score (nSPS) is 22.5. The number of fused-ring (bicyclic) bond motifs is 1. The highest BCUT2D eigenvalue weighted by Gasteiger charge is 2.50. The van der Waals surface area contributed by atoms with Crippen molar-refractivity contribution >= 4 is 40.8 Å². The van der Waals surface area contributed by atoms with Crippen LogP contribution in [0.15, 0.2) is 41.6 Å². The highest BCUT2D eigenvalue weighted by atomic mass is 32.2. The number of nitrogens with one attached hydrogen (secondary N) is 1. The van der Waals surface area contributed by atoms with Gasteiger partial charge in [0, 0.05) is 5.75 Å². The van der Waals surface area contributed by atoms with Gasteiger partial charge in [0.1, 0.15) is 27.9 Å². The summed E-state index contributed by atoms with van der Waals surface area (Å²) in [7, 11) is 0. The second kappa shape index (κ2) is 6.82. The molecule has 0 bridgehead atoms. The predicted molar refractivity (Wildman–Crippen MR) is 94.9 cm³/mol. The van der Waals surface area contributed by atoms with E-state index in [0.717, 1.165) is 5.57 Å². The lowest BCUT2D eigenvalue weighted by Crippen LogP contribution is -2.70. The van der Waals surface area contributed by atoms with E-state index in [4.69, 9.17) is 17.0 Å². The molecule has 126 valence electrons. The van der Waals surface area contributed by atoms with Crippen LogP contribution in [0.25, 0.3) is 0 Å². The van der Waals surface area contributed by atoms with Crippen molar-refractivity contribution in [1.82, 2.24) is 10.2 Å². The fourth-order valence-electron chi connectivity index (χ4n) is 2.66. The Labute approximate surface area is 148 Å².